The Morgan fingerprint density at radius 1 is 1.21 bits per heavy atom. The van der Waals surface area contributed by atoms with E-state index in [0.717, 1.165) is 37.5 Å². The Kier molecular flexibility index (Phi) is 5.57. The smallest absolute Gasteiger partial charge is 0.270 e. The first-order chi connectivity index (χ1) is 13.6. The molecule has 0 unspecified atom stereocenters. The summed E-state index contributed by atoms with van der Waals surface area (Å²) in [5.74, 6) is -0.147. The van der Waals surface area contributed by atoms with E-state index in [1.54, 1.807) is 12.3 Å². The minimum Gasteiger partial charge on any atom is -0.376 e. The van der Waals surface area contributed by atoms with Crippen molar-refractivity contribution in [1.82, 2.24) is 25.8 Å². The van der Waals surface area contributed by atoms with Gasteiger partial charge < -0.3 is 15.4 Å². The van der Waals surface area contributed by atoms with Crippen molar-refractivity contribution >= 4 is 22.8 Å². The summed E-state index contributed by atoms with van der Waals surface area (Å²) in [5.41, 5.74) is 0.937. The highest BCUT2D eigenvalue weighted by Crippen LogP contribution is 2.29. The van der Waals surface area contributed by atoms with Gasteiger partial charge in [0.2, 0.25) is 5.91 Å². The Balaban J connectivity index is 1.41. The van der Waals surface area contributed by atoms with Gasteiger partial charge in [-0.2, -0.15) is 5.10 Å². The number of rotatable bonds is 7. The molecule has 2 aliphatic rings. The number of hydrogen-bond donors (Lipinski definition) is 3. The highest BCUT2D eigenvalue weighted by molar-refractivity contribution is 5.94. The normalized spacial score (nSPS) is 24.8. The van der Waals surface area contributed by atoms with Gasteiger partial charge in [0.25, 0.3) is 5.91 Å². The number of nitrogens with one attached hydrogen (secondary N) is 3. The molecule has 150 valence electrons. The van der Waals surface area contributed by atoms with Crippen LogP contribution in [-0.2, 0) is 9.53 Å². The largest absolute Gasteiger partial charge is 0.376 e. The van der Waals surface area contributed by atoms with Crippen molar-refractivity contribution in [2.45, 2.75) is 63.6 Å². The SMILES string of the molecule is CCCO[C@H]1C[C@@H](C(=O)NC2CC2)CC[C@@H]1NC(=O)c1ccc2cn[nH]c2n1. The van der Waals surface area contributed by atoms with Crippen LogP contribution in [0.15, 0.2) is 18.3 Å². The zero-order valence-electron chi connectivity index (χ0n) is 16.1. The molecule has 28 heavy (non-hydrogen) atoms. The van der Waals surface area contributed by atoms with E-state index in [0.29, 0.717) is 30.4 Å². The molecule has 2 amide bonds. The summed E-state index contributed by atoms with van der Waals surface area (Å²) in [5, 5.41) is 13.7. The summed E-state index contributed by atoms with van der Waals surface area (Å²) in [6.45, 7) is 2.67. The van der Waals surface area contributed by atoms with Gasteiger partial charge >= 0.3 is 0 Å². The maximum absolute atomic E-state index is 12.7. The van der Waals surface area contributed by atoms with E-state index in [2.05, 4.69) is 32.7 Å². The Bertz CT molecular complexity index is 847. The lowest BCUT2D eigenvalue weighted by Gasteiger charge is -2.35. The molecule has 8 nitrogen and oxygen atoms in total. The van der Waals surface area contributed by atoms with Crippen LogP contribution in [0.1, 0.15) is 55.9 Å². The second-order valence-electron chi connectivity index (χ2n) is 7.79. The molecule has 3 atom stereocenters. The van der Waals surface area contributed by atoms with Crippen LogP contribution in [0.2, 0.25) is 0 Å². The zero-order chi connectivity index (χ0) is 19.5. The molecule has 0 radical (unpaired) electrons. The fraction of sp³-hybridized carbons (Fsp3) is 0.600. The molecule has 0 spiro atoms. The predicted octanol–water partition coefficient (Wildman–Crippen LogP) is 1.93. The number of ether oxygens (including phenoxy) is 1. The van der Waals surface area contributed by atoms with Crippen molar-refractivity contribution in [3.8, 4) is 0 Å². The van der Waals surface area contributed by atoms with E-state index in [-0.39, 0.29) is 29.9 Å². The van der Waals surface area contributed by atoms with Crippen molar-refractivity contribution in [3.63, 3.8) is 0 Å². The molecule has 0 bridgehead atoms. The number of pyridine rings is 1. The molecule has 2 aromatic rings. The monoisotopic (exact) mass is 385 g/mol. The summed E-state index contributed by atoms with van der Waals surface area (Å²) in [4.78, 5) is 29.5. The number of amides is 2. The molecular weight excluding hydrogens is 358 g/mol. The van der Waals surface area contributed by atoms with E-state index >= 15 is 0 Å². The lowest BCUT2D eigenvalue weighted by Crippen LogP contribution is -2.50. The fourth-order valence-corrected chi connectivity index (χ4v) is 3.73. The molecule has 2 heterocycles. The summed E-state index contributed by atoms with van der Waals surface area (Å²) in [6.07, 6.45) is 6.68. The third kappa shape index (κ3) is 4.32. The number of carbonyl (C=O) groups is 2. The van der Waals surface area contributed by atoms with E-state index in [1.165, 1.54) is 0 Å². The number of hydrogen-bond acceptors (Lipinski definition) is 5. The lowest BCUT2D eigenvalue weighted by molar-refractivity contribution is -0.128. The van der Waals surface area contributed by atoms with Crippen molar-refractivity contribution in [3.05, 3.63) is 24.0 Å². The number of nitrogens with zero attached hydrogens (tertiary/aromatic N) is 2. The van der Waals surface area contributed by atoms with Gasteiger partial charge in [-0.1, -0.05) is 6.92 Å². The molecular formula is C20H27N5O3. The minimum absolute atomic E-state index is 0.0462. The first-order valence-electron chi connectivity index (χ1n) is 10.2. The van der Waals surface area contributed by atoms with E-state index in [1.807, 2.05) is 6.07 Å². The van der Waals surface area contributed by atoms with Gasteiger partial charge in [0.05, 0.1) is 18.3 Å². The van der Waals surface area contributed by atoms with Gasteiger partial charge in [-0.05, 0) is 50.7 Å². The Morgan fingerprint density at radius 2 is 2.07 bits per heavy atom. The van der Waals surface area contributed by atoms with Gasteiger partial charge in [-0.15, -0.1) is 0 Å². The molecule has 4 rings (SSSR count). The van der Waals surface area contributed by atoms with Crippen LogP contribution in [0.4, 0.5) is 0 Å². The second kappa shape index (κ2) is 8.26. The Hall–Kier alpha value is -2.48. The second-order valence-corrected chi connectivity index (χ2v) is 7.79. The highest BCUT2D eigenvalue weighted by atomic mass is 16.5. The maximum Gasteiger partial charge on any atom is 0.270 e. The third-order valence-corrected chi connectivity index (χ3v) is 5.47. The zero-order valence-corrected chi connectivity index (χ0v) is 16.1. The van der Waals surface area contributed by atoms with Crippen LogP contribution in [0.3, 0.4) is 0 Å². The minimum atomic E-state index is -0.229. The van der Waals surface area contributed by atoms with Crippen molar-refractivity contribution in [2.24, 2.45) is 5.92 Å². The standard InChI is InChI=1S/C20H27N5O3/c1-2-9-28-17-10-12(19(26)22-14-5-6-14)3-7-15(17)24-20(27)16-8-4-13-11-21-25-18(13)23-16/h4,8,11-12,14-15,17H,2-3,5-7,9-10H2,1H3,(H,22,26)(H,24,27)(H,21,23,25)/t12-,15-,17-/m0/s1. The summed E-state index contributed by atoms with van der Waals surface area (Å²) in [7, 11) is 0. The van der Waals surface area contributed by atoms with Gasteiger partial charge in [0, 0.05) is 24.0 Å². The molecule has 8 heteroatoms. The van der Waals surface area contributed by atoms with E-state index in [4.69, 9.17) is 4.74 Å². The molecule has 0 aromatic carbocycles. The number of H-pyrrole nitrogens is 1. The number of carbonyl (C=O) groups excluding carboxylic acids is 2. The van der Waals surface area contributed by atoms with Crippen LogP contribution < -0.4 is 10.6 Å². The molecule has 3 N–H and O–H groups in total. The molecule has 2 aromatic heterocycles. The molecule has 0 saturated heterocycles. The van der Waals surface area contributed by atoms with Crippen molar-refractivity contribution < 1.29 is 14.3 Å². The molecule has 2 fully saturated rings. The fourth-order valence-electron chi connectivity index (χ4n) is 3.73. The quantitative estimate of drug-likeness (QED) is 0.675. The average molecular weight is 385 g/mol. The van der Waals surface area contributed by atoms with E-state index < -0.39 is 0 Å². The molecule has 2 aliphatic carbocycles. The maximum atomic E-state index is 12.7. The van der Waals surface area contributed by atoms with Gasteiger partial charge in [-0.25, -0.2) is 4.98 Å². The average Bonchev–Trinajstić information content (AvgIpc) is 3.39. The van der Waals surface area contributed by atoms with Crippen molar-refractivity contribution in [1.29, 1.82) is 0 Å². The Morgan fingerprint density at radius 3 is 2.86 bits per heavy atom. The van der Waals surface area contributed by atoms with Crippen LogP contribution in [0.5, 0.6) is 0 Å². The van der Waals surface area contributed by atoms with Crippen molar-refractivity contribution in [2.75, 3.05) is 6.61 Å². The Labute approximate surface area is 163 Å². The molecule has 0 aliphatic heterocycles. The summed E-state index contributed by atoms with van der Waals surface area (Å²) < 4.78 is 6.01. The first-order valence-corrected chi connectivity index (χ1v) is 10.2. The van der Waals surface area contributed by atoms with Crippen LogP contribution in [-0.4, -0.2) is 51.8 Å². The summed E-state index contributed by atoms with van der Waals surface area (Å²) >= 11 is 0. The third-order valence-electron chi connectivity index (χ3n) is 5.47. The summed E-state index contributed by atoms with van der Waals surface area (Å²) in [6, 6.07) is 3.76. The van der Waals surface area contributed by atoms with Crippen LogP contribution in [0, 0.1) is 5.92 Å². The lowest BCUT2D eigenvalue weighted by atomic mass is 9.83. The highest BCUT2D eigenvalue weighted by Gasteiger charge is 2.37. The molecule has 2 saturated carbocycles. The van der Waals surface area contributed by atoms with Crippen LogP contribution >= 0.6 is 0 Å². The first kappa shape index (κ1) is 18.9. The predicted molar refractivity (Wildman–Crippen MR) is 104 cm³/mol. The number of aromatic nitrogens is 3. The van der Waals surface area contributed by atoms with E-state index in [9.17, 15) is 9.59 Å². The van der Waals surface area contributed by atoms with Gasteiger partial charge in [-0.3, -0.25) is 14.7 Å². The van der Waals surface area contributed by atoms with Gasteiger partial charge in [0.15, 0.2) is 5.65 Å². The van der Waals surface area contributed by atoms with Crippen LogP contribution in [0.25, 0.3) is 11.0 Å². The number of fused-ring (bicyclic) bond motifs is 1. The number of aromatic amines is 1. The van der Waals surface area contributed by atoms with Gasteiger partial charge in [0.1, 0.15) is 5.69 Å². The topological polar surface area (TPSA) is 109 Å².